The Morgan fingerprint density at radius 3 is 2.93 bits per heavy atom. The number of thiophene rings is 1. The van der Waals surface area contributed by atoms with Gasteiger partial charge in [-0.15, -0.1) is 11.3 Å². The summed E-state index contributed by atoms with van der Waals surface area (Å²) in [6.07, 6.45) is 5.48. The van der Waals surface area contributed by atoms with Crippen molar-refractivity contribution in [1.29, 1.82) is 0 Å². The summed E-state index contributed by atoms with van der Waals surface area (Å²) in [6, 6.07) is 13.1. The maximum atomic E-state index is 12.8. The Kier molecular flexibility index (Phi) is 5.53. The van der Waals surface area contributed by atoms with E-state index in [0.29, 0.717) is 23.6 Å². The number of amides is 2. The van der Waals surface area contributed by atoms with Gasteiger partial charge in [0.1, 0.15) is 5.76 Å². The normalized spacial score (nSPS) is 16.3. The summed E-state index contributed by atoms with van der Waals surface area (Å²) in [5, 5.41) is 2.86. The quantitative estimate of drug-likeness (QED) is 0.692. The first-order valence-electron chi connectivity index (χ1n) is 9.30. The van der Waals surface area contributed by atoms with Crippen LogP contribution in [0.2, 0.25) is 0 Å². The van der Waals surface area contributed by atoms with Gasteiger partial charge < -0.3 is 14.6 Å². The van der Waals surface area contributed by atoms with Gasteiger partial charge in [0.25, 0.3) is 5.91 Å². The fraction of sp³-hybridized carbons (Fsp3) is 0.286. The van der Waals surface area contributed by atoms with E-state index in [2.05, 4.69) is 10.3 Å². The molecule has 1 N–H and O–H groups in total. The number of likely N-dealkylation sites (tertiary alicyclic amines) is 1. The van der Waals surface area contributed by atoms with Crippen molar-refractivity contribution in [1.82, 2.24) is 15.2 Å². The molecule has 0 bridgehead atoms. The molecule has 0 saturated carbocycles. The second kappa shape index (κ2) is 8.39. The molecule has 4 heterocycles. The molecular weight excluding hydrogens is 374 g/mol. The highest BCUT2D eigenvalue weighted by atomic mass is 32.1. The summed E-state index contributed by atoms with van der Waals surface area (Å²) in [6.45, 7) is 1.10. The summed E-state index contributed by atoms with van der Waals surface area (Å²) >= 11 is 1.45. The number of pyridine rings is 1. The summed E-state index contributed by atoms with van der Waals surface area (Å²) in [5.74, 6) is 0.669. The van der Waals surface area contributed by atoms with Gasteiger partial charge in [-0.05, 0) is 49.2 Å². The molecule has 0 spiro atoms. The smallest absolute Gasteiger partial charge is 0.261 e. The van der Waals surface area contributed by atoms with Crippen LogP contribution < -0.4 is 5.32 Å². The van der Waals surface area contributed by atoms with E-state index in [1.54, 1.807) is 18.5 Å². The van der Waals surface area contributed by atoms with Crippen LogP contribution >= 0.6 is 11.3 Å². The van der Waals surface area contributed by atoms with E-state index >= 15 is 0 Å². The van der Waals surface area contributed by atoms with Crippen LogP contribution in [0.5, 0.6) is 0 Å². The molecule has 7 heteroatoms. The third-order valence-corrected chi connectivity index (χ3v) is 6.00. The van der Waals surface area contributed by atoms with Gasteiger partial charge in [0.2, 0.25) is 5.91 Å². The van der Waals surface area contributed by atoms with Crippen LogP contribution in [-0.2, 0) is 17.8 Å². The third kappa shape index (κ3) is 4.14. The van der Waals surface area contributed by atoms with Gasteiger partial charge in [-0.1, -0.05) is 6.07 Å². The van der Waals surface area contributed by atoms with Gasteiger partial charge in [0.05, 0.1) is 30.1 Å². The fourth-order valence-corrected chi connectivity index (χ4v) is 4.51. The minimum absolute atomic E-state index is 0.0350. The SMILES string of the molecule is O=C(NCc1ccco1)c1ccc([C@@H]2CCCN2C(=O)Cc2ccccn2)s1. The average Bonchev–Trinajstić information content (AvgIpc) is 3.48. The zero-order valence-corrected chi connectivity index (χ0v) is 16.2. The van der Waals surface area contributed by atoms with Crippen molar-refractivity contribution >= 4 is 23.2 Å². The lowest BCUT2D eigenvalue weighted by molar-refractivity contribution is -0.131. The van der Waals surface area contributed by atoms with E-state index < -0.39 is 0 Å². The molecule has 6 nitrogen and oxygen atoms in total. The van der Waals surface area contributed by atoms with Crippen molar-refractivity contribution in [2.45, 2.75) is 31.8 Å². The molecule has 0 unspecified atom stereocenters. The summed E-state index contributed by atoms with van der Waals surface area (Å²) < 4.78 is 5.23. The zero-order chi connectivity index (χ0) is 19.3. The molecule has 0 aromatic carbocycles. The molecule has 1 aliphatic heterocycles. The minimum atomic E-state index is -0.128. The zero-order valence-electron chi connectivity index (χ0n) is 15.3. The number of hydrogen-bond donors (Lipinski definition) is 1. The molecule has 1 aliphatic rings. The van der Waals surface area contributed by atoms with Crippen LogP contribution in [-0.4, -0.2) is 28.2 Å². The lowest BCUT2D eigenvalue weighted by atomic mass is 10.1. The highest BCUT2D eigenvalue weighted by Gasteiger charge is 2.31. The van der Waals surface area contributed by atoms with Gasteiger partial charge in [-0.25, -0.2) is 0 Å². The van der Waals surface area contributed by atoms with Crippen LogP contribution in [0.15, 0.2) is 59.3 Å². The van der Waals surface area contributed by atoms with Gasteiger partial charge in [0.15, 0.2) is 0 Å². The molecule has 28 heavy (non-hydrogen) atoms. The molecule has 3 aromatic rings. The molecule has 4 rings (SSSR count). The molecule has 0 aliphatic carbocycles. The van der Waals surface area contributed by atoms with Crippen LogP contribution in [0.1, 0.15) is 44.9 Å². The Labute approximate surface area is 167 Å². The lowest BCUT2D eigenvalue weighted by Crippen LogP contribution is -2.31. The van der Waals surface area contributed by atoms with Crippen molar-refractivity contribution in [3.63, 3.8) is 0 Å². The van der Waals surface area contributed by atoms with Gasteiger partial charge in [0, 0.05) is 23.3 Å². The second-order valence-electron chi connectivity index (χ2n) is 6.71. The highest BCUT2D eigenvalue weighted by Crippen LogP contribution is 2.36. The van der Waals surface area contributed by atoms with Gasteiger partial charge in [-0.3, -0.25) is 14.6 Å². The molecule has 3 aromatic heterocycles. The predicted octanol–water partition coefficient (Wildman–Crippen LogP) is 3.57. The maximum absolute atomic E-state index is 12.8. The van der Waals surface area contributed by atoms with E-state index in [-0.39, 0.29) is 17.9 Å². The van der Waals surface area contributed by atoms with Crippen LogP contribution in [0.4, 0.5) is 0 Å². The van der Waals surface area contributed by atoms with Crippen molar-refractivity contribution in [2.75, 3.05) is 6.54 Å². The largest absolute Gasteiger partial charge is 0.467 e. The number of hydrogen-bond acceptors (Lipinski definition) is 5. The highest BCUT2D eigenvalue weighted by molar-refractivity contribution is 7.14. The first kappa shape index (κ1) is 18.4. The second-order valence-corrected chi connectivity index (χ2v) is 7.82. The number of furan rings is 1. The molecule has 1 atom stereocenters. The molecule has 1 saturated heterocycles. The molecule has 1 fully saturated rings. The minimum Gasteiger partial charge on any atom is -0.467 e. The number of nitrogens with zero attached hydrogens (tertiary/aromatic N) is 2. The van der Waals surface area contributed by atoms with Crippen LogP contribution in [0.3, 0.4) is 0 Å². The Hall–Kier alpha value is -2.93. The lowest BCUT2D eigenvalue weighted by Gasteiger charge is -2.23. The van der Waals surface area contributed by atoms with Gasteiger partial charge >= 0.3 is 0 Å². The molecular formula is C21H21N3O3S. The van der Waals surface area contributed by atoms with Crippen molar-refractivity contribution in [2.24, 2.45) is 0 Å². The van der Waals surface area contributed by atoms with E-state index in [9.17, 15) is 9.59 Å². The molecule has 144 valence electrons. The summed E-state index contributed by atoms with van der Waals surface area (Å²) in [7, 11) is 0. The maximum Gasteiger partial charge on any atom is 0.261 e. The fourth-order valence-electron chi connectivity index (χ4n) is 3.44. The van der Waals surface area contributed by atoms with E-state index in [4.69, 9.17) is 4.42 Å². The van der Waals surface area contributed by atoms with E-state index in [1.165, 1.54) is 11.3 Å². The number of rotatable bonds is 6. The van der Waals surface area contributed by atoms with Crippen molar-refractivity contribution < 1.29 is 14.0 Å². The first-order valence-corrected chi connectivity index (χ1v) is 10.1. The monoisotopic (exact) mass is 395 g/mol. The third-order valence-electron chi connectivity index (χ3n) is 4.81. The number of aromatic nitrogens is 1. The number of carbonyl (C=O) groups is 2. The Morgan fingerprint density at radius 1 is 1.21 bits per heavy atom. The van der Waals surface area contributed by atoms with Crippen molar-refractivity contribution in [3.8, 4) is 0 Å². The Bertz CT molecular complexity index is 937. The Morgan fingerprint density at radius 2 is 2.14 bits per heavy atom. The van der Waals surface area contributed by atoms with Crippen LogP contribution in [0, 0.1) is 0 Å². The summed E-state index contributed by atoms with van der Waals surface area (Å²) in [5.41, 5.74) is 0.780. The topological polar surface area (TPSA) is 75.4 Å². The number of carbonyl (C=O) groups excluding carboxylic acids is 2. The molecule has 2 amide bonds. The van der Waals surface area contributed by atoms with Crippen LogP contribution in [0.25, 0.3) is 0 Å². The summed E-state index contributed by atoms with van der Waals surface area (Å²) in [4.78, 5) is 33.0. The number of nitrogens with one attached hydrogen (secondary N) is 1. The van der Waals surface area contributed by atoms with Gasteiger partial charge in [-0.2, -0.15) is 0 Å². The standard InChI is InChI=1S/C21H21N3O3S/c25-20(13-15-5-1-2-10-22-15)24-11-3-7-17(24)18-8-9-19(28-18)21(26)23-14-16-6-4-12-27-16/h1-2,4-6,8-10,12,17H,3,7,11,13-14H2,(H,23,26)/t17-/m0/s1. The predicted molar refractivity (Wildman–Crippen MR) is 106 cm³/mol. The van der Waals surface area contributed by atoms with E-state index in [1.807, 2.05) is 41.3 Å². The molecule has 0 radical (unpaired) electrons. The average molecular weight is 395 g/mol. The first-order chi connectivity index (χ1) is 13.7. The Balaban J connectivity index is 1.40. The van der Waals surface area contributed by atoms with E-state index in [0.717, 1.165) is 30.0 Å². The van der Waals surface area contributed by atoms with Crippen molar-refractivity contribution in [3.05, 3.63) is 76.1 Å².